The molecule has 2 rings (SSSR count). The lowest BCUT2D eigenvalue weighted by Gasteiger charge is -1.87. The fourth-order valence-electron chi connectivity index (χ4n) is 1.41. The molecule has 2 aromatic rings. The van der Waals surface area contributed by atoms with Gasteiger partial charge in [0.2, 0.25) is 0 Å². The van der Waals surface area contributed by atoms with Gasteiger partial charge in [-0.1, -0.05) is 18.7 Å². The quantitative estimate of drug-likeness (QED) is 0.807. The second-order valence-electron chi connectivity index (χ2n) is 3.21. The summed E-state index contributed by atoms with van der Waals surface area (Å²) in [6, 6.07) is 6.05. The highest BCUT2D eigenvalue weighted by atomic mass is 32.1. The number of nitroso groups, excluding NO2 is 1. The first-order chi connectivity index (χ1) is 7.81. The second kappa shape index (κ2) is 4.72. The van der Waals surface area contributed by atoms with Gasteiger partial charge in [0.05, 0.1) is 16.8 Å². The number of nitrogens with one attached hydrogen (secondary N) is 1. The van der Waals surface area contributed by atoms with Crippen LogP contribution in [-0.2, 0) is 0 Å². The molecule has 0 saturated carbocycles. The summed E-state index contributed by atoms with van der Waals surface area (Å²) in [6.45, 7) is 3.90. The SMILES string of the molecule is C=c1[nH]c(-c2cccs2)c/c1=C/C=C\N=O. The van der Waals surface area contributed by atoms with Crippen molar-refractivity contribution in [3.05, 3.63) is 51.3 Å². The molecule has 0 unspecified atom stereocenters. The van der Waals surface area contributed by atoms with Crippen LogP contribution in [0.4, 0.5) is 0 Å². The predicted octanol–water partition coefficient (Wildman–Crippen LogP) is 2.21. The van der Waals surface area contributed by atoms with Crippen LogP contribution in [0.1, 0.15) is 0 Å². The van der Waals surface area contributed by atoms with E-state index < -0.39 is 0 Å². The van der Waals surface area contributed by atoms with E-state index >= 15 is 0 Å². The Morgan fingerprint density at radius 2 is 2.38 bits per heavy atom. The predicted molar refractivity (Wildman–Crippen MR) is 68.3 cm³/mol. The lowest BCUT2D eigenvalue weighted by molar-refractivity contribution is 1.33. The molecule has 0 aliphatic carbocycles. The van der Waals surface area contributed by atoms with E-state index in [1.54, 1.807) is 23.5 Å². The highest BCUT2D eigenvalue weighted by Crippen LogP contribution is 2.20. The molecule has 0 atom stereocenters. The van der Waals surface area contributed by atoms with Crippen molar-refractivity contribution >= 4 is 24.0 Å². The lowest BCUT2D eigenvalue weighted by atomic mass is 10.3. The third kappa shape index (κ3) is 2.17. The minimum absolute atomic E-state index is 0.832. The van der Waals surface area contributed by atoms with Crippen molar-refractivity contribution in [2.24, 2.45) is 5.18 Å². The first-order valence-corrected chi connectivity index (χ1v) is 5.60. The van der Waals surface area contributed by atoms with Gasteiger partial charge in [0.25, 0.3) is 0 Å². The Bertz CT molecular complexity index is 608. The molecule has 0 fully saturated rings. The molecular formula is C12H10N2OS. The Balaban J connectivity index is 2.44. The number of allylic oxidation sites excluding steroid dienone is 1. The van der Waals surface area contributed by atoms with Gasteiger partial charge in [-0.3, -0.25) is 0 Å². The number of thiophene rings is 1. The summed E-state index contributed by atoms with van der Waals surface area (Å²) in [6.07, 6.45) is 4.61. The van der Waals surface area contributed by atoms with E-state index in [-0.39, 0.29) is 0 Å². The van der Waals surface area contributed by atoms with Crippen LogP contribution < -0.4 is 10.6 Å². The van der Waals surface area contributed by atoms with Crippen molar-refractivity contribution in [3.63, 3.8) is 0 Å². The average molecular weight is 230 g/mol. The van der Waals surface area contributed by atoms with E-state index in [2.05, 4.69) is 16.7 Å². The van der Waals surface area contributed by atoms with Gasteiger partial charge in [-0.05, 0) is 34.0 Å². The Kier molecular flexibility index (Phi) is 3.12. The lowest BCUT2D eigenvalue weighted by Crippen LogP contribution is -2.19. The van der Waals surface area contributed by atoms with Crippen LogP contribution in [0.2, 0.25) is 0 Å². The highest BCUT2D eigenvalue weighted by Gasteiger charge is 1.99. The van der Waals surface area contributed by atoms with E-state index in [1.165, 1.54) is 11.1 Å². The smallest absolute Gasteiger partial charge is 0.0715 e. The number of rotatable bonds is 3. The number of aromatic amines is 1. The number of H-pyrrole nitrogens is 1. The van der Waals surface area contributed by atoms with Crippen LogP contribution in [-0.4, -0.2) is 4.98 Å². The molecular weight excluding hydrogens is 220 g/mol. The molecule has 0 spiro atoms. The van der Waals surface area contributed by atoms with Crippen LogP contribution >= 0.6 is 11.3 Å². The van der Waals surface area contributed by atoms with E-state index in [9.17, 15) is 4.91 Å². The summed E-state index contributed by atoms with van der Waals surface area (Å²) in [5.41, 5.74) is 1.04. The van der Waals surface area contributed by atoms with Crippen LogP contribution in [0.25, 0.3) is 23.2 Å². The Hall–Kier alpha value is -1.94. The van der Waals surface area contributed by atoms with E-state index in [0.29, 0.717) is 0 Å². The number of nitrogens with zero attached hydrogens (tertiary/aromatic N) is 1. The molecule has 0 bridgehead atoms. The summed E-state index contributed by atoms with van der Waals surface area (Å²) in [7, 11) is 0. The highest BCUT2D eigenvalue weighted by molar-refractivity contribution is 7.13. The van der Waals surface area contributed by atoms with Gasteiger partial charge in [0.15, 0.2) is 0 Å². The summed E-state index contributed by atoms with van der Waals surface area (Å²) in [5, 5.41) is 6.47. The summed E-state index contributed by atoms with van der Waals surface area (Å²) in [5.74, 6) is 0. The van der Waals surface area contributed by atoms with Gasteiger partial charge >= 0.3 is 0 Å². The molecule has 0 aliphatic heterocycles. The first kappa shape index (κ1) is 10.6. The molecule has 80 valence electrons. The molecule has 0 radical (unpaired) electrons. The van der Waals surface area contributed by atoms with Crippen molar-refractivity contribution in [2.45, 2.75) is 0 Å². The number of hydrogen-bond acceptors (Lipinski definition) is 3. The van der Waals surface area contributed by atoms with Crippen molar-refractivity contribution in [2.75, 3.05) is 0 Å². The van der Waals surface area contributed by atoms with Gasteiger partial charge in [0.1, 0.15) is 0 Å². The molecule has 16 heavy (non-hydrogen) atoms. The summed E-state index contributed by atoms with van der Waals surface area (Å²) < 4.78 is 0. The third-order valence-electron chi connectivity index (χ3n) is 2.14. The van der Waals surface area contributed by atoms with Gasteiger partial charge < -0.3 is 4.98 Å². The fourth-order valence-corrected chi connectivity index (χ4v) is 2.11. The zero-order chi connectivity index (χ0) is 11.4. The molecule has 2 aromatic heterocycles. The van der Waals surface area contributed by atoms with Crippen molar-refractivity contribution in [1.29, 1.82) is 0 Å². The molecule has 0 amide bonds. The molecule has 0 aliphatic rings. The summed E-state index contributed by atoms with van der Waals surface area (Å²) in [4.78, 5) is 14.3. The zero-order valence-corrected chi connectivity index (χ0v) is 9.33. The maximum absolute atomic E-state index is 9.89. The Morgan fingerprint density at radius 1 is 1.50 bits per heavy atom. The monoisotopic (exact) mass is 230 g/mol. The van der Waals surface area contributed by atoms with Gasteiger partial charge in [-0.15, -0.1) is 16.2 Å². The van der Waals surface area contributed by atoms with Gasteiger partial charge in [0, 0.05) is 5.35 Å². The van der Waals surface area contributed by atoms with Crippen LogP contribution in [0, 0.1) is 4.91 Å². The van der Waals surface area contributed by atoms with Crippen molar-refractivity contribution < 1.29 is 0 Å². The summed E-state index contributed by atoms with van der Waals surface area (Å²) >= 11 is 1.67. The van der Waals surface area contributed by atoms with Crippen molar-refractivity contribution in [1.82, 2.24) is 4.98 Å². The molecule has 1 N–H and O–H groups in total. The Labute approximate surface area is 96.4 Å². The number of hydrogen-bond donors (Lipinski definition) is 1. The maximum Gasteiger partial charge on any atom is 0.0715 e. The Morgan fingerprint density at radius 3 is 3.06 bits per heavy atom. The standard InChI is InChI=1S/C12H10N2OS/c1-9-10(4-2-6-13-15)8-11(14-9)12-5-3-7-16-12/h2-8,14H,1H2/b6-2-,10-4-. The topological polar surface area (TPSA) is 45.2 Å². The van der Waals surface area contributed by atoms with Crippen LogP contribution in [0.3, 0.4) is 0 Å². The third-order valence-corrected chi connectivity index (χ3v) is 3.05. The normalized spacial score (nSPS) is 12.4. The minimum Gasteiger partial charge on any atom is -0.354 e. The van der Waals surface area contributed by atoms with Gasteiger partial charge in [-0.2, -0.15) is 0 Å². The van der Waals surface area contributed by atoms with Crippen molar-refractivity contribution in [3.8, 4) is 10.6 Å². The maximum atomic E-state index is 9.89. The average Bonchev–Trinajstić information content (AvgIpc) is 2.88. The molecule has 2 heterocycles. The molecule has 0 aromatic carbocycles. The number of aromatic nitrogens is 1. The molecule has 3 nitrogen and oxygen atoms in total. The molecule has 0 saturated heterocycles. The second-order valence-corrected chi connectivity index (χ2v) is 4.16. The molecule has 4 heteroatoms. The van der Waals surface area contributed by atoms with Gasteiger partial charge in [-0.25, -0.2) is 0 Å². The van der Waals surface area contributed by atoms with Crippen LogP contribution in [0.15, 0.2) is 41.0 Å². The van der Waals surface area contributed by atoms with E-state index in [0.717, 1.165) is 16.3 Å². The first-order valence-electron chi connectivity index (χ1n) is 4.72. The minimum atomic E-state index is 0.832. The largest absolute Gasteiger partial charge is 0.354 e. The van der Waals surface area contributed by atoms with Crippen LogP contribution in [0.5, 0.6) is 0 Å². The fraction of sp³-hybridized carbons (Fsp3) is 0. The van der Waals surface area contributed by atoms with E-state index in [1.807, 2.05) is 23.6 Å². The van der Waals surface area contributed by atoms with E-state index in [4.69, 9.17) is 0 Å². The zero-order valence-electron chi connectivity index (χ0n) is 8.51.